The number of hydrogen-bond donors (Lipinski definition) is 2. The highest BCUT2D eigenvalue weighted by molar-refractivity contribution is 5.66. The largest absolute Gasteiger partial charge is 0.481 e. The lowest BCUT2D eigenvalue weighted by Gasteiger charge is -2.01. The van der Waals surface area contributed by atoms with Crippen LogP contribution < -0.4 is 0 Å². The molecule has 0 aromatic carbocycles. The van der Waals surface area contributed by atoms with E-state index in [2.05, 4.69) is 13.8 Å². The Morgan fingerprint density at radius 2 is 0.733 bits per heavy atom. The zero-order valence-corrected chi connectivity index (χ0v) is 20.8. The molecule has 0 unspecified atom stereocenters. The molecule has 0 spiro atoms. The second-order valence-corrected chi connectivity index (χ2v) is 8.94. The molecule has 0 rings (SSSR count). The third-order valence-electron chi connectivity index (χ3n) is 5.76. The first-order chi connectivity index (χ1) is 14.7. The van der Waals surface area contributed by atoms with Crippen molar-refractivity contribution < 1.29 is 15.0 Å². The Bertz CT molecular complexity index is 292. The molecule has 0 aliphatic rings. The summed E-state index contributed by atoms with van der Waals surface area (Å²) in [5, 5.41) is 17.0. The highest BCUT2D eigenvalue weighted by Gasteiger charge is 1.96. The van der Waals surface area contributed by atoms with Crippen molar-refractivity contribution in [2.45, 2.75) is 162 Å². The molecule has 0 amide bonds. The molecule has 0 aromatic rings. The summed E-state index contributed by atoms with van der Waals surface area (Å²) in [6, 6.07) is 0. The van der Waals surface area contributed by atoms with Crippen LogP contribution in [0.25, 0.3) is 0 Å². The van der Waals surface area contributed by atoms with Crippen LogP contribution in [0.15, 0.2) is 0 Å². The molecule has 0 bridgehead atoms. The normalized spacial score (nSPS) is 10.6. The van der Waals surface area contributed by atoms with Gasteiger partial charge >= 0.3 is 5.97 Å². The van der Waals surface area contributed by atoms with Gasteiger partial charge in [0.2, 0.25) is 0 Å². The Morgan fingerprint density at radius 3 is 1.00 bits per heavy atom. The molecule has 3 heteroatoms. The van der Waals surface area contributed by atoms with E-state index in [0.717, 1.165) is 19.3 Å². The Labute approximate surface area is 189 Å². The summed E-state index contributed by atoms with van der Waals surface area (Å²) in [6.07, 6.45) is 29.1. The van der Waals surface area contributed by atoms with Gasteiger partial charge in [0.1, 0.15) is 0 Å². The zero-order chi connectivity index (χ0) is 22.5. The van der Waals surface area contributed by atoms with Gasteiger partial charge in [-0.25, -0.2) is 0 Å². The molecule has 30 heavy (non-hydrogen) atoms. The first-order valence-electron chi connectivity index (χ1n) is 13.5. The molecule has 2 N–H and O–H groups in total. The van der Waals surface area contributed by atoms with Crippen LogP contribution >= 0.6 is 0 Å². The Hall–Kier alpha value is -0.570. The van der Waals surface area contributed by atoms with Gasteiger partial charge in [-0.15, -0.1) is 0 Å². The van der Waals surface area contributed by atoms with Crippen molar-refractivity contribution in [2.75, 3.05) is 6.61 Å². The minimum Gasteiger partial charge on any atom is -0.481 e. The Morgan fingerprint density at radius 1 is 0.467 bits per heavy atom. The Balaban J connectivity index is 0. The number of carboxylic acids is 1. The van der Waals surface area contributed by atoms with Gasteiger partial charge in [-0.05, 0) is 12.8 Å². The Kier molecular flexibility index (Phi) is 32.3. The lowest BCUT2D eigenvalue weighted by Crippen LogP contribution is -1.93. The topological polar surface area (TPSA) is 57.5 Å². The summed E-state index contributed by atoms with van der Waals surface area (Å²) in [5.74, 6) is -0.657. The van der Waals surface area contributed by atoms with Crippen LogP contribution in [-0.4, -0.2) is 22.8 Å². The maximum Gasteiger partial charge on any atom is 0.303 e. The summed E-state index contributed by atoms with van der Waals surface area (Å²) >= 11 is 0. The van der Waals surface area contributed by atoms with Crippen molar-refractivity contribution >= 4 is 5.97 Å². The fourth-order valence-electron chi connectivity index (χ4n) is 3.72. The van der Waals surface area contributed by atoms with Crippen LogP contribution in [0.5, 0.6) is 0 Å². The van der Waals surface area contributed by atoms with Gasteiger partial charge in [0, 0.05) is 13.0 Å². The fourth-order valence-corrected chi connectivity index (χ4v) is 3.72. The molecular formula is C27H56O3. The van der Waals surface area contributed by atoms with Crippen molar-refractivity contribution in [2.24, 2.45) is 0 Å². The lowest BCUT2D eigenvalue weighted by atomic mass is 10.1. The molecule has 182 valence electrons. The molecular weight excluding hydrogens is 372 g/mol. The van der Waals surface area contributed by atoms with E-state index in [-0.39, 0.29) is 0 Å². The number of carboxylic acid groups (broad SMARTS) is 1. The summed E-state index contributed by atoms with van der Waals surface area (Å²) in [5.41, 5.74) is 0. The van der Waals surface area contributed by atoms with Crippen molar-refractivity contribution in [3.8, 4) is 0 Å². The number of aliphatic hydroxyl groups is 1. The van der Waals surface area contributed by atoms with Gasteiger partial charge in [-0.3, -0.25) is 4.79 Å². The number of rotatable bonds is 23. The monoisotopic (exact) mass is 428 g/mol. The van der Waals surface area contributed by atoms with Gasteiger partial charge in [-0.1, -0.05) is 142 Å². The second-order valence-electron chi connectivity index (χ2n) is 8.94. The molecule has 3 nitrogen and oxygen atoms in total. The maximum absolute atomic E-state index is 10.3. The van der Waals surface area contributed by atoms with Crippen molar-refractivity contribution in [1.82, 2.24) is 0 Å². The highest BCUT2D eigenvalue weighted by Crippen LogP contribution is 2.12. The van der Waals surface area contributed by atoms with E-state index in [1.165, 1.54) is 122 Å². The quantitative estimate of drug-likeness (QED) is 0.160. The number of unbranched alkanes of at least 4 members (excludes halogenated alkanes) is 20. The summed E-state index contributed by atoms with van der Waals surface area (Å²) < 4.78 is 0. The summed E-state index contributed by atoms with van der Waals surface area (Å²) in [7, 11) is 0. The van der Waals surface area contributed by atoms with E-state index >= 15 is 0 Å². The molecule has 0 aliphatic heterocycles. The second kappa shape index (κ2) is 30.6. The third kappa shape index (κ3) is 34.9. The summed E-state index contributed by atoms with van der Waals surface area (Å²) in [4.78, 5) is 10.3. The van der Waals surface area contributed by atoms with E-state index in [0.29, 0.717) is 13.0 Å². The predicted molar refractivity (Wildman–Crippen MR) is 132 cm³/mol. The standard InChI is InChI=1S/C14H28O2.C13H28O/c1-2-3-4-5-6-7-8-9-10-11-12-13-14(15)16;1-2-3-4-5-6-7-8-9-10-11-12-13-14/h2-13H2,1H3,(H,15,16);14H,2-13H2,1H3. The van der Waals surface area contributed by atoms with Gasteiger partial charge in [0.15, 0.2) is 0 Å². The van der Waals surface area contributed by atoms with Crippen molar-refractivity contribution in [3.63, 3.8) is 0 Å². The van der Waals surface area contributed by atoms with Crippen LogP contribution in [0.1, 0.15) is 162 Å². The SMILES string of the molecule is CCCCCCCCCCCCCC(=O)O.CCCCCCCCCCCCCO. The molecule has 0 saturated heterocycles. The predicted octanol–water partition coefficient (Wildman–Crippen LogP) is 9.06. The van der Waals surface area contributed by atoms with Crippen LogP contribution in [0.2, 0.25) is 0 Å². The average Bonchev–Trinajstić information content (AvgIpc) is 2.74. The average molecular weight is 429 g/mol. The molecule has 0 saturated carbocycles. The third-order valence-corrected chi connectivity index (χ3v) is 5.76. The fraction of sp³-hybridized carbons (Fsp3) is 0.963. The first-order valence-corrected chi connectivity index (χ1v) is 13.5. The van der Waals surface area contributed by atoms with Crippen LogP contribution in [-0.2, 0) is 4.79 Å². The number of carbonyl (C=O) groups is 1. The summed E-state index contributed by atoms with van der Waals surface area (Å²) in [6.45, 7) is 4.88. The van der Waals surface area contributed by atoms with Crippen LogP contribution in [0, 0.1) is 0 Å². The molecule has 0 heterocycles. The molecule has 0 aromatic heterocycles. The van der Waals surface area contributed by atoms with Crippen molar-refractivity contribution in [1.29, 1.82) is 0 Å². The van der Waals surface area contributed by atoms with Crippen LogP contribution in [0.4, 0.5) is 0 Å². The number of hydrogen-bond acceptors (Lipinski definition) is 2. The van der Waals surface area contributed by atoms with E-state index in [9.17, 15) is 4.79 Å². The van der Waals surface area contributed by atoms with Gasteiger partial charge in [0.25, 0.3) is 0 Å². The molecule has 0 atom stereocenters. The smallest absolute Gasteiger partial charge is 0.303 e. The van der Waals surface area contributed by atoms with Crippen LogP contribution in [0.3, 0.4) is 0 Å². The van der Waals surface area contributed by atoms with Gasteiger partial charge in [0.05, 0.1) is 0 Å². The van der Waals surface area contributed by atoms with E-state index < -0.39 is 5.97 Å². The first kappa shape index (κ1) is 31.6. The molecule has 0 aliphatic carbocycles. The van der Waals surface area contributed by atoms with Crippen molar-refractivity contribution in [3.05, 3.63) is 0 Å². The molecule has 0 radical (unpaired) electrons. The number of aliphatic hydroxyl groups excluding tert-OH is 1. The number of aliphatic carboxylic acids is 1. The minimum absolute atomic E-state index is 0.344. The van der Waals surface area contributed by atoms with E-state index in [1.807, 2.05) is 0 Å². The van der Waals surface area contributed by atoms with Gasteiger partial charge in [-0.2, -0.15) is 0 Å². The van der Waals surface area contributed by atoms with E-state index in [4.69, 9.17) is 10.2 Å². The minimum atomic E-state index is -0.657. The maximum atomic E-state index is 10.3. The molecule has 0 fully saturated rings. The zero-order valence-electron chi connectivity index (χ0n) is 20.8. The van der Waals surface area contributed by atoms with E-state index in [1.54, 1.807) is 0 Å². The van der Waals surface area contributed by atoms with Gasteiger partial charge < -0.3 is 10.2 Å². The lowest BCUT2D eigenvalue weighted by molar-refractivity contribution is -0.137. The highest BCUT2D eigenvalue weighted by atomic mass is 16.4.